The quantitative estimate of drug-likeness (QED) is 0.472. The molecule has 0 unspecified atom stereocenters. The molecule has 5 heteroatoms. The SMILES string of the molecule is C[N+](C)(C)CCCNCC(=O)N1CCCc2ccc(N)cc21. The van der Waals surface area contributed by atoms with Crippen LogP contribution >= 0.6 is 0 Å². The molecule has 1 aliphatic rings. The van der Waals surface area contributed by atoms with Crippen LogP contribution in [0.25, 0.3) is 0 Å². The van der Waals surface area contributed by atoms with Crippen LogP contribution < -0.4 is 16.0 Å². The van der Waals surface area contributed by atoms with Crippen molar-refractivity contribution in [3.8, 4) is 0 Å². The van der Waals surface area contributed by atoms with Gasteiger partial charge in [0.25, 0.3) is 0 Å². The van der Waals surface area contributed by atoms with E-state index in [2.05, 4.69) is 26.5 Å². The van der Waals surface area contributed by atoms with Gasteiger partial charge in [-0.05, 0) is 30.5 Å². The molecule has 0 atom stereocenters. The molecule has 0 saturated carbocycles. The third-order valence-corrected chi connectivity index (χ3v) is 3.99. The smallest absolute Gasteiger partial charge is 0.240 e. The van der Waals surface area contributed by atoms with Crippen molar-refractivity contribution >= 4 is 17.3 Å². The van der Waals surface area contributed by atoms with Gasteiger partial charge in [0.1, 0.15) is 0 Å². The summed E-state index contributed by atoms with van der Waals surface area (Å²) in [7, 11) is 6.54. The van der Waals surface area contributed by atoms with Crippen molar-refractivity contribution in [1.82, 2.24) is 5.32 Å². The largest absolute Gasteiger partial charge is 0.399 e. The van der Waals surface area contributed by atoms with Crippen LogP contribution in [0.2, 0.25) is 0 Å². The first-order valence-electron chi connectivity index (χ1n) is 8.07. The molecule has 122 valence electrons. The zero-order chi connectivity index (χ0) is 16.2. The lowest BCUT2D eigenvalue weighted by Crippen LogP contribution is -2.42. The zero-order valence-corrected chi connectivity index (χ0v) is 14.1. The number of nitrogens with two attached hydrogens (primary N) is 1. The van der Waals surface area contributed by atoms with Gasteiger partial charge in [0.05, 0.1) is 34.2 Å². The van der Waals surface area contributed by atoms with Crippen molar-refractivity contribution in [2.45, 2.75) is 19.3 Å². The molecule has 1 aromatic carbocycles. The number of nitrogen functional groups attached to an aromatic ring is 1. The summed E-state index contributed by atoms with van der Waals surface area (Å²) < 4.78 is 0.953. The van der Waals surface area contributed by atoms with Gasteiger partial charge >= 0.3 is 0 Å². The molecule has 1 heterocycles. The molecule has 3 N–H and O–H groups in total. The highest BCUT2D eigenvalue weighted by Crippen LogP contribution is 2.29. The van der Waals surface area contributed by atoms with Gasteiger partial charge < -0.3 is 20.4 Å². The van der Waals surface area contributed by atoms with E-state index in [0.717, 1.165) is 49.1 Å². The molecular weight excluding hydrogens is 276 g/mol. The van der Waals surface area contributed by atoms with Crippen LogP contribution in [0.1, 0.15) is 18.4 Å². The van der Waals surface area contributed by atoms with E-state index < -0.39 is 0 Å². The van der Waals surface area contributed by atoms with E-state index >= 15 is 0 Å². The topological polar surface area (TPSA) is 58.4 Å². The molecule has 1 aliphatic heterocycles. The lowest BCUT2D eigenvalue weighted by atomic mass is 10.0. The number of quaternary nitrogens is 1. The Labute approximate surface area is 133 Å². The molecule has 2 rings (SSSR count). The third kappa shape index (κ3) is 4.71. The van der Waals surface area contributed by atoms with Crippen LogP contribution in [0.3, 0.4) is 0 Å². The number of hydrogen-bond donors (Lipinski definition) is 2. The summed E-state index contributed by atoms with van der Waals surface area (Å²) in [6.07, 6.45) is 3.11. The van der Waals surface area contributed by atoms with E-state index in [-0.39, 0.29) is 5.91 Å². The fourth-order valence-electron chi connectivity index (χ4n) is 2.82. The number of benzene rings is 1. The van der Waals surface area contributed by atoms with E-state index in [9.17, 15) is 4.79 Å². The number of fused-ring (bicyclic) bond motifs is 1. The number of carbonyl (C=O) groups excluding carboxylic acids is 1. The van der Waals surface area contributed by atoms with Crippen LogP contribution in [0.5, 0.6) is 0 Å². The average Bonchev–Trinajstić information content (AvgIpc) is 2.44. The maximum Gasteiger partial charge on any atom is 0.240 e. The molecule has 0 radical (unpaired) electrons. The number of nitrogens with one attached hydrogen (secondary N) is 1. The Hall–Kier alpha value is -1.59. The van der Waals surface area contributed by atoms with Crippen LogP contribution in [0, 0.1) is 0 Å². The van der Waals surface area contributed by atoms with E-state index in [1.165, 1.54) is 5.56 Å². The van der Waals surface area contributed by atoms with Crippen LogP contribution in [-0.2, 0) is 11.2 Å². The molecular formula is C17H29N4O+. The summed E-state index contributed by atoms with van der Waals surface area (Å²) in [5.41, 5.74) is 8.80. The van der Waals surface area contributed by atoms with Gasteiger partial charge in [0.15, 0.2) is 0 Å². The molecule has 0 spiro atoms. The number of rotatable bonds is 6. The second-order valence-electron chi connectivity index (χ2n) is 7.08. The number of nitrogens with zero attached hydrogens (tertiary/aromatic N) is 2. The van der Waals surface area contributed by atoms with Gasteiger partial charge in [-0.25, -0.2) is 0 Å². The lowest BCUT2D eigenvalue weighted by molar-refractivity contribution is -0.870. The number of carbonyl (C=O) groups is 1. The van der Waals surface area contributed by atoms with Crippen molar-refractivity contribution in [2.24, 2.45) is 0 Å². The minimum atomic E-state index is 0.136. The van der Waals surface area contributed by atoms with E-state index in [4.69, 9.17) is 5.73 Å². The van der Waals surface area contributed by atoms with Crippen LogP contribution in [0.4, 0.5) is 11.4 Å². The highest BCUT2D eigenvalue weighted by Gasteiger charge is 2.22. The van der Waals surface area contributed by atoms with E-state index in [1.54, 1.807) is 0 Å². The molecule has 0 saturated heterocycles. The van der Waals surface area contributed by atoms with Crippen molar-refractivity contribution in [2.75, 3.05) is 58.0 Å². The Morgan fingerprint density at radius 1 is 1.36 bits per heavy atom. The van der Waals surface area contributed by atoms with Gasteiger partial charge in [-0.1, -0.05) is 6.07 Å². The summed E-state index contributed by atoms with van der Waals surface area (Å²) in [5.74, 6) is 0.136. The van der Waals surface area contributed by atoms with E-state index in [1.807, 2.05) is 23.1 Å². The van der Waals surface area contributed by atoms with Crippen molar-refractivity contribution in [3.63, 3.8) is 0 Å². The molecule has 1 aromatic rings. The Kier molecular flexibility index (Phi) is 5.42. The molecule has 5 nitrogen and oxygen atoms in total. The van der Waals surface area contributed by atoms with Gasteiger partial charge in [0.2, 0.25) is 5.91 Å². The molecule has 22 heavy (non-hydrogen) atoms. The second-order valence-corrected chi connectivity index (χ2v) is 7.08. The summed E-state index contributed by atoms with van der Waals surface area (Å²) >= 11 is 0. The number of hydrogen-bond acceptors (Lipinski definition) is 3. The minimum absolute atomic E-state index is 0.136. The highest BCUT2D eigenvalue weighted by molar-refractivity contribution is 5.96. The summed E-state index contributed by atoms with van der Waals surface area (Å²) in [5, 5.41) is 3.27. The number of aryl methyl sites for hydroxylation is 1. The minimum Gasteiger partial charge on any atom is -0.399 e. The van der Waals surface area contributed by atoms with Crippen molar-refractivity contribution in [1.29, 1.82) is 0 Å². The monoisotopic (exact) mass is 305 g/mol. The normalized spacial score (nSPS) is 14.8. The molecule has 0 bridgehead atoms. The summed E-state index contributed by atoms with van der Waals surface area (Å²) in [4.78, 5) is 14.3. The van der Waals surface area contributed by atoms with Gasteiger partial charge in [-0.2, -0.15) is 0 Å². The second kappa shape index (κ2) is 7.11. The van der Waals surface area contributed by atoms with Crippen LogP contribution in [0.15, 0.2) is 18.2 Å². The molecule has 0 fully saturated rings. The Bertz CT molecular complexity index is 522. The molecule has 1 amide bonds. The highest BCUT2D eigenvalue weighted by atomic mass is 16.2. The number of anilines is 2. The Morgan fingerprint density at radius 3 is 2.86 bits per heavy atom. The summed E-state index contributed by atoms with van der Waals surface area (Å²) in [6, 6.07) is 5.87. The van der Waals surface area contributed by atoms with E-state index in [0.29, 0.717) is 12.2 Å². The zero-order valence-electron chi connectivity index (χ0n) is 14.1. The molecule has 0 aromatic heterocycles. The first-order valence-corrected chi connectivity index (χ1v) is 8.07. The lowest BCUT2D eigenvalue weighted by Gasteiger charge is -2.30. The molecule has 0 aliphatic carbocycles. The average molecular weight is 305 g/mol. The third-order valence-electron chi connectivity index (χ3n) is 3.99. The predicted octanol–water partition coefficient (Wildman–Crippen LogP) is 1.23. The van der Waals surface area contributed by atoms with Gasteiger partial charge in [-0.15, -0.1) is 0 Å². The maximum absolute atomic E-state index is 12.5. The first-order chi connectivity index (χ1) is 10.4. The van der Waals surface area contributed by atoms with Gasteiger partial charge in [0, 0.05) is 30.9 Å². The summed E-state index contributed by atoms with van der Waals surface area (Å²) in [6.45, 7) is 3.16. The predicted molar refractivity (Wildman–Crippen MR) is 91.9 cm³/mol. The fourth-order valence-corrected chi connectivity index (χ4v) is 2.82. The van der Waals surface area contributed by atoms with Crippen LogP contribution in [-0.4, -0.2) is 57.7 Å². The standard InChI is InChI=1S/C17H29N4O/c1-21(2,3)11-5-9-19-13-17(22)20-10-4-6-14-7-8-15(18)12-16(14)20/h7-8,12,19H,4-6,9-11,13,18H2,1-3H3/q+1. The maximum atomic E-state index is 12.5. The van der Waals surface area contributed by atoms with Crippen molar-refractivity contribution < 1.29 is 9.28 Å². The number of amides is 1. The Morgan fingerprint density at radius 2 is 2.14 bits per heavy atom. The van der Waals surface area contributed by atoms with Crippen molar-refractivity contribution in [3.05, 3.63) is 23.8 Å². The van der Waals surface area contributed by atoms with Gasteiger partial charge in [-0.3, -0.25) is 4.79 Å². The Balaban J connectivity index is 1.85. The first kappa shape index (κ1) is 16.8. The fraction of sp³-hybridized carbons (Fsp3) is 0.588.